The monoisotopic (exact) mass is 348 g/mol. The second-order valence-electron chi connectivity index (χ2n) is 5.92. The van der Waals surface area contributed by atoms with Gasteiger partial charge in [-0.05, 0) is 62.2 Å². The quantitative estimate of drug-likeness (QED) is 0.442. The Morgan fingerprint density at radius 3 is 2.16 bits per heavy atom. The van der Waals surface area contributed by atoms with Crippen molar-refractivity contribution < 1.29 is 28.6 Å². The van der Waals surface area contributed by atoms with Crippen molar-refractivity contribution in [2.75, 3.05) is 20.8 Å². The lowest BCUT2D eigenvalue weighted by molar-refractivity contribution is -0.137. The number of carbonyl (C=O) groups excluding carboxylic acids is 3. The lowest BCUT2D eigenvalue weighted by atomic mass is 9.83. The van der Waals surface area contributed by atoms with Gasteiger partial charge in [-0.15, -0.1) is 0 Å². The maximum Gasteiger partial charge on any atom is 0.338 e. The molecular weight excluding hydrogens is 324 g/mol. The van der Waals surface area contributed by atoms with Gasteiger partial charge >= 0.3 is 17.9 Å². The molecule has 1 saturated carbocycles. The summed E-state index contributed by atoms with van der Waals surface area (Å²) in [4.78, 5) is 36.6. The smallest absolute Gasteiger partial charge is 0.338 e. The van der Waals surface area contributed by atoms with Gasteiger partial charge in [0.05, 0.1) is 26.4 Å². The van der Waals surface area contributed by atoms with E-state index in [1.54, 1.807) is 6.92 Å². The van der Waals surface area contributed by atoms with Gasteiger partial charge in [-0.2, -0.15) is 0 Å². The van der Waals surface area contributed by atoms with Gasteiger partial charge in [-0.1, -0.05) is 0 Å². The number of rotatable bonds is 4. The van der Waals surface area contributed by atoms with Crippen LogP contribution in [0.2, 0.25) is 0 Å². The predicted octanol–water partition coefficient (Wildman–Crippen LogP) is 2.78. The van der Waals surface area contributed by atoms with Crippen LogP contribution in [0.3, 0.4) is 0 Å². The number of fused-ring (bicyclic) bond motifs is 1. The van der Waals surface area contributed by atoms with Crippen LogP contribution in [-0.4, -0.2) is 38.7 Å². The third-order valence-corrected chi connectivity index (χ3v) is 4.50. The number of allylic oxidation sites excluding steroid dienone is 2. The van der Waals surface area contributed by atoms with E-state index in [-0.39, 0.29) is 12.6 Å². The van der Waals surface area contributed by atoms with Gasteiger partial charge in [0.2, 0.25) is 0 Å². The molecule has 0 unspecified atom stereocenters. The molecule has 25 heavy (non-hydrogen) atoms. The molecule has 2 rings (SSSR count). The molecule has 0 atom stereocenters. The van der Waals surface area contributed by atoms with Crippen LogP contribution in [0.5, 0.6) is 0 Å². The van der Waals surface area contributed by atoms with Gasteiger partial charge in [0.15, 0.2) is 0 Å². The Hall–Kier alpha value is -2.37. The van der Waals surface area contributed by atoms with Gasteiger partial charge in [-0.25, -0.2) is 14.4 Å². The second-order valence-corrected chi connectivity index (χ2v) is 5.92. The first kappa shape index (κ1) is 19.0. The number of methoxy groups -OCH3 is 2. The topological polar surface area (TPSA) is 78.9 Å². The van der Waals surface area contributed by atoms with Crippen LogP contribution in [0.1, 0.15) is 45.4 Å². The van der Waals surface area contributed by atoms with Crippen LogP contribution < -0.4 is 0 Å². The van der Waals surface area contributed by atoms with Crippen molar-refractivity contribution in [3.05, 3.63) is 33.9 Å². The molecule has 1 fully saturated rings. The van der Waals surface area contributed by atoms with Crippen molar-refractivity contribution in [3.63, 3.8) is 0 Å². The highest BCUT2D eigenvalue weighted by atomic mass is 16.5. The maximum absolute atomic E-state index is 12.5. The second kappa shape index (κ2) is 8.65. The Bertz CT molecular complexity index is 665. The van der Waals surface area contributed by atoms with Crippen molar-refractivity contribution in [1.82, 2.24) is 0 Å². The number of hydrogen-bond donors (Lipinski definition) is 0. The van der Waals surface area contributed by atoms with Crippen LogP contribution in [0.25, 0.3) is 0 Å². The standard InChI is InChI=1S/C19H24O6/c1-4-25-16(20)11-12-9-10-15(18(21)23-2)13-7-5-6-8-14(13)17(12)19(22)24-3/h11H,4-10H2,1-3H3/b12-11-. The first-order valence-corrected chi connectivity index (χ1v) is 8.53. The van der Waals surface area contributed by atoms with Gasteiger partial charge in [0, 0.05) is 11.6 Å². The molecule has 0 saturated heterocycles. The van der Waals surface area contributed by atoms with E-state index in [0.717, 1.165) is 24.0 Å². The Balaban J connectivity index is 2.61. The fraction of sp³-hybridized carbons (Fsp3) is 0.526. The van der Waals surface area contributed by atoms with E-state index in [1.165, 1.54) is 20.3 Å². The molecule has 0 bridgehead atoms. The summed E-state index contributed by atoms with van der Waals surface area (Å²) in [5, 5.41) is 0. The molecule has 2 aliphatic rings. The zero-order valence-corrected chi connectivity index (χ0v) is 15.0. The van der Waals surface area contributed by atoms with Crippen LogP contribution in [-0.2, 0) is 28.6 Å². The molecule has 0 aromatic carbocycles. The third-order valence-electron chi connectivity index (χ3n) is 4.50. The largest absolute Gasteiger partial charge is 0.466 e. The number of carbonyl (C=O) groups is 3. The summed E-state index contributed by atoms with van der Waals surface area (Å²) in [5.74, 6) is -1.37. The van der Waals surface area contributed by atoms with E-state index in [0.29, 0.717) is 42.4 Å². The van der Waals surface area contributed by atoms with Gasteiger partial charge in [0.1, 0.15) is 0 Å². The zero-order valence-electron chi connectivity index (χ0n) is 15.0. The SMILES string of the molecule is CCOC(=O)/C=C1/CCC(C(=O)OC)=C2CCCCC2=C1C(=O)OC. The highest BCUT2D eigenvalue weighted by Crippen LogP contribution is 2.41. The summed E-state index contributed by atoms with van der Waals surface area (Å²) in [5.41, 5.74) is 3.20. The molecule has 0 N–H and O–H groups in total. The number of esters is 3. The van der Waals surface area contributed by atoms with Crippen LogP contribution >= 0.6 is 0 Å². The van der Waals surface area contributed by atoms with E-state index < -0.39 is 11.9 Å². The highest BCUT2D eigenvalue weighted by molar-refractivity contribution is 6.00. The molecule has 0 heterocycles. The average molecular weight is 348 g/mol. The maximum atomic E-state index is 12.5. The summed E-state index contributed by atoms with van der Waals surface area (Å²) >= 11 is 0. The van der Waals surface area contributed by atoms with Crippen LogP contribution in [0.4, 0.5) is 0 Å². The van der Waals surface area contributed by atoms with Gasteiger partial charge in [0.25, 0.3) is 0 Å². The van der Waals surface area contributed by atoms with Gasteiger partial charge < -0.3 is 14.2 Å². The van der Waals surface area contributed by atoms with E-state index in [4.69, 9.17) is 14.2 Å². The highest BCUT2D eigenvalue weighted by Gasteiger charge is 2.31. The van der Waals surface area contributed by atoms with Crippen molar-refractivity contribution in [2.24, 2.45) is 0 Å². The molecule has 136 valence electrons. The molecule has 6 nitrogen and oxygen atoms in total. The predicted molar refractivity (Wildman–Crippen MR) is 90.5 cm³/mol. The summed E-state index contributed by atoms with van der Waals surface area (Å²) in [6.07, 6.45) is 5.38. The lowest BCUT2D eigenvalue weighted by Crippen LogP contribution is -2.15. The van der Waals surface area contributed by atoms with Crippen molar-refractivity contribution in [1.29, 1.82) is 0 Å². The Morgan fingerprint density at radius 1 is 0.920 bits per heavy atom. The Kier molecular flexibility index (Phi) is 6.56. The Morgan fingerprint density at radius 2 is 1.56 bits per heavy atom. The third kappa shape index (κ3) is 4.18. The van der Waals surface area contributed by atoms with Crippen LogP contribution in [0.15, 0.2) is 33.9 Å². The molecule has 6 heteroatoms. The molecule has 0 radical (unpaired) electrons. The Labute approximate surface area is 147 Å². The summed E-state index contributed by atoms with van der Waals surface area (Å²) < 4.78 is 14.9. The number of ether oxygens (including phenoxy) is 3. The minimum atomic E-state index is -0.501. The fourth-order valence-electron chi connectivity index (χ4n) is 3.42. The molecule has 0 spiro atoms. The molecular formula is C19H24O6. The first-order valence-electron chi connectivity index (χ1n) is 8.53. The summed E-state index contributed by atoms with van der Waals surface area (Å²) in [6.45, 7) is 1.98. The zero-order chi connectivity index (χ0) is 18.4. The minimum absolute atomic E-state index is 0.254. The first-order chi connectivity index (χ1) is 12.0. The molecule has 0 aromatic rings. The van der Waals surface area contributed by atoms with E-state index in [2.05, 4.69) is 0 Å². The lowest BCUT2D eigenvalue weighted by Gasteiger charge is -2.22. The van der Waals surface area contributed by atoms with Crippen molar-refractivity contribution in [2.45, 2.75) is 45.4 Å². The molecule has 2 aliphatic carbocycles. The van der Waals surface area contributed by atoms with Crippen molar-refractivity contribution in [3.8, 4) is 0 Å². The summed E-state index contributed by atoms with van der Waals surface area (Å²) in [7, 11) is 2.67. The molecule has 0 amide bonds. The van der Waals surface area contributed by atoms with E-state index >= 15 is 0 Å². The number of hydrogen-bond acceptors (Lipinski definition) is 6. The summed E-state index contributed by atoms with van der Waals surface area (Å²) in [6, 6.07) is 0. The van der Waals surface area contributed by atoms with E-state index in [9.17, 15) is 14.4 Å². The van der Waals surface area contributed by atoms with E-state index in [1.807, 2.05) is 0 Å². The van der Waals surface area contributed by atoms with Crippen LogP contribution in [0, 0.1) is 0 Å². The average Bonchev–Trinajstić information content (AvgIpc) is 2.77. The minimum Gasteiger partial charge on any atom is -0.466 e. The van der Waals surface area contributed by atoms with Gasteiger partial charge in [-0.3, -0.25) is 0 Å². The molecule has 0 aromatic heterocycles. The van der Waals surface area contributed by atoms with Crippen molar-refractivity contribution >= 4 is 17.9 Å². The normalized spacial score (nSPS) is 19.2. The molecule has 0 aliphatic heterocycles. The fourth-order valence-corrected chi connectivity index (χ4v) is 3.42.